The third kappa shape index (κ3) is 5.37. The topological polar surface area (TPSA) is 53.2 Å². The molecule has 2 rings (SSSR count). The summed E-state index contributed by atoms with van der Waals surface area (Å²) in [5, 5.41) is 4.02. The van der Waals surface area contributed by atoms with Gasteiger partial charge in [0.25, 0.3) is 5.91 Å². The third-order valence-electron chi connectivity index (χ3n) is 3.45. The quantitative estimate of drug-likeness (QED) is 0.440. The van der Waals surface area contributed by atoms with Gasteiger partial charge in [0.15, 0.2) is 5.11 Å². The fourth-order valence-corrected chi connectivity index (χ4v) is 2.23. The fourth-order valence-electron chi connectivity index (χ4n) is 1.95. The summed E-state index contributed by atoms with van der Waals surface area (Å²) in [5.74, 6) is -0.310. The van der Waals surface area contributed by atoms with Crippen LogP contribution in [0.5, 0.6) is 0 Å². The molecule has 0 atom stereocenters. The van der Waals surface area contributed by atoms with Gasteiger partial charge in [0.05, 0.1) is 0 Å². The lowest BCUT2D eigenvalue weighted by atomic mass is 10.1. The number of rotatable bonds is 3. The van der Waals surface area contributed by atoms with Gasteiger partial charge >= 0.3 is 0 Å². The Morgan fingerprint density at radius 1 is 1.08 bits per heavy atom. The molecule has 0 bridgehead atoms. The lowest BCUT2D eigenvalue weighted by molar-refractivity contribution is -0.116. The molecule has 0 aromatic heterocycles. The monoisotopic (exact) mass is 359 g/mol. The third-order valence-corrected chi connectivity index (χ3v) is 3.91. The number of aryl methyl sites for hydroxylation is 1. The molecule has 0 heterocycles. The van der Waals surface area contributed by atoms with Gasteiger partial charge in [0.1, 0.15) is 0 Å². The molecule has 4 nitrogen and oxygen atoms in total. The standard InChI is InChI=1S/C18H18ClN3OS/c1-12-4-3-5-16(13(12)2)20-18(24)22-21-17(23)11-8-14-6-9-15(19)10-7-14/h3-11H,1-2H3,(H,21,23)(H2,20,22,24)/b11-8+. The minimum absolute atomic E-state index is 0.310. The van der Waals surface area contributed by atoms with Crippen LogP contribution in [0.25, 0.3) is 6.08 Å². The van der Waals surface area contributed by atoms with Crippen LogP contribution in [0.15, 0.2) is 48.5 Å². The maximum absolute atomic E-state index is 11.8. The highest BCUT2D eigenvalue weighted by Gasteiger charge is 2.03. The van der Waals surface area contributed by atoms with Crippen molar-refractivity contribution in [3.05, 3.63) is 70.3 Å². The van der Waals surface area contributed by atoms with Crippen LogP contribution in [0.3, 0.4) is 0 Å². The molecule has 0 spiro atoms. The Bertz CT molecular complexity index is 772. The summed E-state index contributed by atoms with van der Waals surface area (Å²) in [4.78, 5) is 11.8. The van der Waals surface area contributed by atoms with Crippen molar-refractivity contribution in [2.24, 2.45) is 0 Å². The smallest absolute Gasteiger partial charge is 0.262 e. The molecule has 124 valence electrons. The van der Waals surface area contributed by atoms with Crippen molar-refractivity contribution in [1.82, 2.24) is 10.9 Å². The van der Waals surface area contributed by atoms with Crippen LogP contribution in [0.1, 0.15) is 16.7 Å². The summed E-state index contributed by atoms with van der Waals surface area (Å²) in [6.45, 7) is 4.04. The van der Waals surface area contributed by atoms with E-state index in [4.69, 9.17) is 23.8 Å². The number of amides is 1. The number of thiocarbonyl (C=S) groups is 1. The maximum Gasteiger partial charge on any atom is 0.262 e. The van der Waals surface area contributed by atoms with E-state index in [9.17, 15) is 4.79 Å². The lowest BCUT2D eigenvalue weighted by Crippen LogP contribution is -2.43. The number of carbonyl (C=O) groups is 1. The molecule has 0 aliphatic heterocycles. The first-order valence-electron chi connectivity index (χ1n) is 7.32. The van der Waals surface area contributed by atoms with Gasteiger partial charge in [-0.2, -0.15) is 0 Å². The van der Waals surface area contributed by atoms with Gasteiger partial charge in [0, 0.05) is 16.8 Å². The van der Waals surface area contributed by atoms with Crippen LogP contribution in [0, 0.1) is 13.8 Å². The molecule has 0 aliphatic rings. The van der Waals surface area contributed by atoms with Crippen LogP contribution in [0.4, 0.5) is 5.69 Å². The van der Waals surface area contributed by atoms with Crippen LogP contribution in [-0.2, 0) is 4.79 Å². The number of anilines is 1. The van der Waals surface area contributed by atoms with E-state index < -0.39 is 0 Å². The molecule has 3 N–H and O–H groups in total. The molecule has 2 aromatic rings. The zero-order valence-corrected chi connectivity index (χ0v) is 15.0. The van der Waals surface area contributed by atoms with Gasteiger partial charge in [-0.05, 0) is 67.0 Å². The summed E-state index contributed by atoms with van der Waals surface area (Å²) >= 11 is 11.0. The first-order valence-corrected chi connectivity index (χ1v) is 8.11. The first kappa shape index (κ1) is 18.0. The predicted octanol–water partition coefficient (Wildman–Crippen LogP) is 3.99. The molecule has 0 unspecified atom stereocenters. The second-order valence-electron chi connectivity index (χ2n) is 5.20. The van der Waals surface area contributed by atoms with E-state index in [1.165, 1.54) is 6.08 Å². The van der Waals surface area contributed by atoms with E-state index in [1.807, 2.05) is 44.2 Å². The number of benzene rings is 2. The van der Waals surface area contributed by atoms with E-state index in [2.05, 4.69) is 16.2 Å². The van der Waals surface area contributed by atoms with Gasteiger partial charge in [-0.15, -0.1) is 0 Å². The Labute approximate surface area is 151 Å². The van der Waals surface area contributed by atoms with Gasteiger partial charge < -0.3 is 5.32 Å². The van der Waals surface area contributed by atoms with Gasteiger partial charge in [-0.25, -0.2) is 0 Å². The first-order chi connectivity index (χ1) is 11.5. The maximum atomic E-state index is 11.8. The van der Waals surface area contributed by atoms with Crippen molar-refractivity contribution in [2.45, 2.75) is 13.8 Å². The average molecular weight is 360 g/mol. The molecule has 0 fully saturated rings. The number of hydrogen-bond acceptors (Lipinski definition) is 2. The van der Waals surface area contributed by atoms with Gasteiger partial charge in [0.2, 0.25) is 0 Å². The Morgan fingerprint density at radius 2 is 1.79 bits per heavy atom. The zero-order chi connectivity index (χ0) is 17.5. The predicted molar refractivity (Wildman–Crippen MR) is 104 cm³/mol. The number of nitrogens with one attached hydrogen (secondary N) is 3. The van der Waals surface area contributed by atoms with Crippen LogP contribution in [-0.4, -0.2) is 11.0 Å². The van der Waals surface area contributed by atoms with Crippen molar-refractivity contribution in [3.8, 4) is 0 Å². The normalized spacial score (nSPS) is 10.5. The van der Waals surface area contributed by atoms with Crippen LogP contribution < -0.4 is 16.2 Å². The van der Waals surface area contributed by atoms with E-state index in [0.29, 0.717) is 10.1 Å². The van der Waals surface area contributed by atoms with Crippen molar-refractivity contribution in [3.63, 3.8) is 0 Å². The van der Waals surface area contributed by atoms with Gasteiger partial charge in [-0.3, -0.25) is 15.6 Å². The number of halogens is 1. The second-order valence-corrected chi connectivity index (χ2v) is 6.05. The summed E-state index contributed by atoms with van der Waals surface area (Å²) < 4.78 is 0. The molecule has 0 radical (unpaired) electrons. The number of carbonyl (C=O) groups excluding carboxylic acids is 1. The fraction of sp³-hybridized carbons (Fsp3) is 0.111. The summed E-state index contributed by atoms with van der Waals surface area (Å²) in [5.41, 5.74) is 9.24. The zero-order valence-electron chi connectivity index (χ0n) is 13.4. The summed E-state index contributed by atoms with van der Waals surface area (Å²) in [6.07, 6.45) is 3.10. The summed E-state index contributed by atoms with van der Waals surface area (Å²) in [7, 11) is 0. The van der Waals surface area contributed by atoms with Crippen molar-refractivity contribution >= 4 is 46.6 Å². The molecular formula is C18H18ClN3OS. The molecule has 0 saturated heterocycles. The highest BCUT2D eigenvalue weighted by atomic mass is 35.5. The number of hydrazine groups is 1. The summed E-state index contributed by atoms with van der Waals surface area (Å²) in [6, 6.07) is 13.1. The minimum Gasteiger partial charge on any atom is -0.331 e. The molecular weight excluding hydrogens is 342 g/mol. The molecule has 0 aliphatic carbocycles. The van der Waals surface area contributed by atoms with E-state index in [-0.39, 0.29) is 5.91 Å². The lowest BCUT2D eigenvalue weighted by Gasteiger charge is -2.13. The SMILES string of the molecule is Cc1cccc(NC(=S)NNC(=O)/C=C/c2ccc(Cl)cc2)c1C. The van der Waals surface area contributed by atoms with Crippen LogP contribution in [0.2, 0.25) is 5.02 Å². The molecule has 24 heavy (non-hydrogen) atoms. The molecule has 1 amide bonds. The van der Waals surface area contributed by atoms with Gasteiger partial charge in [-0.1, -0.05) is 35.9 Å². The van der Waals surface area contributed by atoms with Crippen molar-refractivity contribution in [1.29, 1.82) is 0 Å². The van der Waals surface area contributed by atoms with Crippen LogP contribution >= 0.6 is 23.8 Å². The Balaban J connectivity index is 1.84. The second kappa shape index (κ2) is 8.47. The molecule has 0 saturated carbocycles. The Hall–Kier alpha value is -2.37. The Kier molecular flexibility index (Phi) is 6.35. The molecule has 6 heteroatoms. The largest absolute Gasteiger partial charge is 0.331 e. The van der Waals surface area contributed by atoms with E-state index in [0.717, 1.165) is 22.4 Å². The highest BCUT2D eigenvalue weighted by molar-refractivity contribution is 7.80. The average Bonchev–Trinajstić information content (AvgIpc) is 2.56. The minimum atomic E-state index is -0.310. The molecule has 2 aromatic carbocycles. The Morgan fingerprint density at radius 3 is 2.50 bits per heavy atom. The van der Waals surface area contributed by atoms with E-state index >= 15 is 0 Å². The number of hydrogen-bond donors (Lipinski definition) is 3. The highest BCUT2D eigenvalue weighted by Crippen LogP contribution is 2.17. The van der Waals surface area contributed by atoms with Crippen molar-refractivity contribution < 1.29 is 4.79 Å². The van der Waals surface area contributed by atoms with E-state index in [1.54, 1.807) is 18.2 Å². The van der Waals surface area contributed by atoms with Crippen molar-refractivity contribution in [2.75, 3.05) is 5.32 Å².